The van der Waals surface area contributed by atoms with Gasteiger partial charge in [0.1, 0.15) is 5.75 Å². The second kappa shape index (κ2) is 7.83. The predicted molar refractivity (Wildman–Crippen MR) is 94.9 cm³/mol. The van der Waals surface area contributed by atoms with E-state index in [0.29, 0.717) is 6.61 Å². The van der Waals surface area contributed by atoms with Crippen LogP contribution in [0.4, 0.5) is 0 Å². The maximum absolute atomic E-state index is 9.51. The van der Waals surface area contributed by atoms with E-state index in [2.05, 4.69) is 64.1 Å². The third kappa shape index (κ3) is 4.36. The molecule has 0 saturated heterocycles. The van der Waals surface area contributed by atoms with E-state index < -0.39 is 0 Å². The van der Waals surface area contributed by atoms with Crippen molar-refractivity contribution in [2.45, 2.75) is 46.5 Å². The third-order valence-corrected chi connectivity index (χ3v) is 4.26. The van der Waals surface area contributed by atoms with Gasteiger partial charge in [0.2, 0.25) is 0 Å². The normalized spacial score (nSPS) is 11.8. The second-order valence-electron chi connectivity index (χ2n) is 6.25. The van der Waals surface area contributed by atoms with Crippen LogP contribution >= 0.6 is 0 Å². The number of benzene rings is 2. The third-order valence-electron chi connectivity index (χ3n) is 4.26. The first-order chi connectivity index (χ1) is 11.0. The molecule has 1 unspecified atom stereocenters. The lowest BCUT2D eigenvalue weighted by molar-refractivity contribution is 0.301. The molecule has 0 fully saturated rings. The largest absolute Gasteiger partial charge is 0.493 e. The minimum absolute atomic E-state index is 0.0588. The zero-order chi connectivity index (χ0) is 16.8. The van der Waals surface area contributed by atoms with Crippen molar-refractivity contribution in [2.75, 3.05) is 6.61 Å². The summed E-state index contributed by atoms with van der Waals surface area (Å²) in [6, 6.07) is 15.0. The van der Waals surface area contributed by atoms with Gasteiger partial charge in [-0.05, 0) is 62.8 Å². The summed E-state index contributed by atoms with van der Waals surface area (Å²) in [6.45, 7) is 8.93. The van der Waals surface area contributed by atoms with Gasteiger partial charge in [-0.15, -0.1) is 0 Å². The molecule has 1 atom stereocenters. The first-order valence-electron chi connectivity index (χ1n) is 8.18. The molecule has 0 spiro atoms. The van der Waals surface area contributed by atoms with E-state index in [0.717, 1.165) is 35.3 Å². The maximum Gasteiger partial charge on any atom is 0.125 e. The molecule has 0 aliphatic carbocycles. The summed E-state index contributed by atoms with van der Waals surface area (Å²) in [5, 5.41) is 9.51. The molecule has 0 bridgehead atoms. The fourth-order valence-electron chi connectivity index (χ4n) is 2.91. The first-order valence-corrected chi connectivity index (χ1v) is 8.18. The van der Waals surface area contributed by atoms with Crippen molar-refractivity contribution in [3.63, 3.8) is 0 Å². The number of nitriles is 1. The Kier molecular flexibility index (Phi) is 5.82. The molecule has 2 aromatic rings. The molecule has 0 aromatic heterocycles. The van der Waals surface area contributed by atoms with Gasteiger partial charge in [-0.25, -0.2) is 0 Å². The average Bonchev–Trinajstić information content (AvgIpc) is 2.52. The Bertz CT molecular complexity index is 692. The molecule has 23 heavy (non-hydrogen) atoms. The minimum atomic E-state index is -0.0588. The summed E-state index contributed by atoms with van der Waals surface area (Å²) < 4.78 is 5.94. The van der Waals surface area contributed by atoms with Crippen LogP contribution in [-0.4, -0.2) is 6.61 Å². The van der Waals surface area contributed by atoms with Crippen LogP contribution in [-0.2, 0) is 0 Å². The molecule has 0 aliphatic heterocycles. The van der Waals surface area contributed by atoms with Gasteiger partial charge in [-0.3, -0.25) is 0 Å². The van der Waals surface area contributed by atoms with Crippen molar-refractivity contribution >= 4 is 0 Å². The first kappa shape index (κ1) is 17.1. The van der Waals surface area contributed by atoms with Gasteiger partial charge < -0.3 is 4.74 Å². The fraction of sp³-hybridized carbons (Fsp3) is 0.381. The topological polar surface area (TPSA) is 33.0 Å². The minimum Gasteiger partial charge on any atom is -0.493 e. The van der Waals surface area contributed by atoms with Crippen LogP contribution in [0.25, 0.3) is 0 Å². The molecule has 0 aliphatic rings. The van der Waals surface area contributed by atoms with Crippen LogP contribution in [0.3, 0.4) is 0 Å². The predicted octanol–water partition coefficient (Wildman–Crippen LogP) is 5.39. The lowest BCUT2D eigenvalue weighted by Gasteiger charge is -2.15. The van der Waals surface area contributed by atoms with Crippen LogP contribution in [0.5, 0.6) is 5.75 Å². The van der Waals surface area contributed by atoms with Crippen LogP contribution in [0.1, 0.15) is 46.6 Å². The van der Waals surface area contributed by atoms with Crippen molar-refractivity contribution in [3.8, 4) is 11.8 Å². The van der Waals surface area contributed by atoms with Crippen molar-refractivity contribution in [2.24, 2.45) is 0 Å². The molecular formula is C21H25NO. The van der Waals surface area contributed by atoms with Gasteiger partial charge in [-0.1, -0.05) is 42.0 Å². The molecule has 2 heteroatoms. The van der Waals surface area contributed by atoms with E-state index in [-0.39, 0.29) is 5.92 Å². The number of nitrogens with zero attached hydrogens (tertiary/aromatic N) is 1. The highest BCUT2D eigenvalue weighted by atomic mass is 16.5. The summed E-state index contributed by atoms with van der Waals surface area (Å²) in [6.07, 6.45) is 1.70. The number of aryl methyl sites for hydroxylation is 4. The molecule has 2 nitrogen and oxygen atoms in total. The SMILES string of the molecule is Cc1ccc(C)c(C(C#N)CCCOc2c(C)cccc2C)c1. The lowest BCUT2D eigenvalue weighted by Crippen LogP contribution is -2.05. The van der Waals surface area contributed by atoms with Gasteiger partial charge in [0.05, 0.1) is 18.6 Å². The monoisotopic (exact) mass is 307 g/mol. The zero-order valence-electron chi connectivity index (χ0n) is 14.5. The van der Waals surface area contributed by atoms with Gasteiger partial charge >= 0.3 is 0 Å². The van der Waals surface area contributed by atoms with Crippen molar-refractivity contribution < 1.29 is 4.74 Å². The van der Waals surface area contributed by atoms with E-state index in [9.17, 15) is 5.26 Å². The van der Waals surface area contributed by atoms with Crippen LogP contribution in [0.15, 0.2) is 36.4 Å². The molecule has 0 radical (unpaired) electrons. The van der Waals surface area contributed by atoms with Gasteiger partial charge in [0.25, 0.3) is 0 Å². The Balaban J connectivity index is 1.94. The van der Waals surface area contributed by atoms with E-state index in [1.165, 1.54) is 11.1 Å². The Morgan fingerprint density at radius 3 is 2.35 bits per heavy atom. The van der Waals surface area contributed by atoms with Gasteiger partial charge in [-0.2, -0.15) is 5.26 Å². The average molecular weight is 307 g/mol. The van der Waals surface area contributed by atoms with E-state index >= 15 is 0 Å². The Hall–Kier alpha value is -2.27. The lowest BCUT2D eigenvalue weighted by atomic mass is 9.91. The van der Waals surface area contributed by atoms with E-state index in [4.69, 9.17) is 4.74 Å². The summed E-state index contributed by atoms with van der Waals surface area (Å²) in [4.78, 5) is 0. The molecule has 0 saturated carbocycles. The van der Waals surface area contributed by atoms with Gasteiger partial charge in [0.15, 0.2) is 0 Å². The molecule has 2 rings (SSSR count). The molecule has 120 valence electrons. The van der Waals surface area contributed by atoms with Crippen molar-refractivity contribution in [3.05, 3.63) is 64.2 Å². The summed E-state index contributed by atoms with van der Waals surface area (Å²) in [5.74, 6) is 0.921. The molecule has 0 heterocycles. The fourth-order valence-corrected chi connectivity index (χ4v) is 2.91. The highest BCUT2D eigenvalue weighted by Crippen LogP contribution is 2.26. The maximum atomic E-state index is 9.51. The van der Waals surface area contributed by atoms with E-state index in [1.807, 2.05) is 6.07 Å². The summed E-state index contributed by atoms with van der Waals surface area (Å²) in [5.41, 5.74) is 5.88. The molecule has 0 amide bonds. The van der Waals surface area contributed by atoms with Gasteiger partial charge in [0, 0.05) is 0 Å². The summed E-state index contributed by atoms with van der Waals surface area (Å²) >= 11 is 0. The van der Waals surface area contributed by atoms with Crippen molar-refractivity contribution in [1.29, 1.82) is 5.26 Å². The van der Waals surface area contributed by atoms with Crippen LogP contribution < -0.4 is 4.74 Å². The quantitative estimate of drug-likeness (QED) is 0.671. The molecular weight excluding hydrogens is 282 g/mol. The second-order valence-corrected chi connectivity index (χ2v) is 6.25. The van der Waals surface area contributed by atoms with Crippen LogP contribution in [0.2, 0.25) is 0 Å². The number of rotatable bonds is 6. The zero-order valence-corrected chi connectivity index (χ0v) is 14.5. The molecule has 0 N–H and O–H groups in total. The highest BCUT2D eigenvalue weighted by Gasteiger charge is 2.13. The standard InChI is InChI=1S/C21H25NO/c1-15-10-11-16(2)20(13-15)19(14-22)9-6-12-23-21-17(3)7-5-8-18(21)4/h5,7-8,10-11,13,19H,6,9,12H2,1-4H3. The van der Waals surface area contributed by atoms with Crippen molar-refractivity contribution in [1.82, 2.24) is 0 Å². The number of hydrogen-bond donors (Lipinski definition) is 0. The number of ether oxygens (including phenoxy) is 1. The highest BCUT2D eigenvalue weighted by molar-refractivity contribution is 5.39. The molecule has 2 aromatic carbocycles. The smallest absolute Gasteiger partial charge is 0.125 e. The Morgan fingerprint density at radius 2 is 1.70 bits per heavy atom. The Morgan fingerprint density at radius 1 is 1.00 bits per heavy atom. The Labute approximate surface area is 139 Å². The number of para-hydroxylation sites is 1. The number of hydrogen-bond acceptors (Lipinski definition) is 2. The van der Waals surface area contributed by atoms with E-state index in [1.54, 1.807) is 0 Å². The summed E-state index contributed by atoms with van der Waals surface area (Å²) in [7, 11) is 0. The van der Waals surface area contributed by atoms with Crippen LogP contribution in [0, 0.1) is 39.0 Å².